The summed E-state index contributed by atoms with van der Waals surface area (Å²) < 4.78 is 14.9. The largest absolute Gasteiger partial charge is 0.507 e. The first-order chi connectivity index (χ1) is 16.8. The molecule has 0 spiro atoms. The maximum atomic E-state index is 11.2. The van der Waals surface area contributed by atoms with E-state index in [9.17, 15) is 5.11 Å². The van der Waals surface area contributed by atoms with E-state index in [-0.39, 0.29) is 5.75 Å². The lowest BCUT2D eigenvalue weighted by atomic mass is 9.93. The molecule has 8 aromatic rings. The molecule has 4 heteroatoms. The Bertz CT molecular complexity index is 2000. The Morgan fingerprint density at radius 2 is 1.15 bits per heavy atom. The van der Waals surface area contributed by atoms with Gasteiger partial charge in [-0.25, -0.2) is 0 Å². The van der Waals surface area contributed by atoms with Crippen molar-refractivity contribution >= 4 is 75.4 Å². The van der Waals surface area contributed by atoms with Gasteiger partial charge in [0.25, 0.3) is 0 Å². The summed E-state index contributed by atoms with van der Waals surface area (Å²) in [5.41, 5.74) is 5.12. The fourth-order valence-electron chi connectivity index (χ4n) is 5.36. The summed E-state index contributed by atoms with van der Waals surface area (Å²) in [5, 5.41) is 17.4. The highest BCUT2D eigenvalue weighted by atomic mass is 32.1. The van der Waals surface area contributed by atoms with E-state index < -0.39 is 0 Å². The van der Waals surface area contributed by atoms with Gasteiger partial charge >= 0.3 is 0 Å². The Balaban J connectivity index is 1.61. The first-order valence-corrected chi connectivity index (χ1v) is 12.0. The third-order valence-corrected chi connectivity index (χ3v) is 7.87. The molecule has 3 aromatic heterocycles. The van der Waals surface area contributed by atoms with Crippen molar-refractivity contribution in [1.82, 2.24) is 0 Å². The van der Waals surface area contributed by atoms with E-state index in [0.29, 0.717) is 5.58 Å². The molecule has 0 saturated carbocycles. The molecule has 0 radical (unpaired) electrons. The predicted octanol–water partition coefficient (Wildman–Crippen LogP) is 9.23. The fourth-order valence-corrected chi connectivity index (χ4v) is 6.50. The topological polar surface area (TPSA) is 46.5 Å². The van der Waals surface area contributed by atoms with Crippen molar-refractivity contribution in [3.8, 4) is 16.9 Å². The van der Waals surface area contributed by atoms with Gasteiger partial charge in [0, 0.05) is 41.9 Å². The molecule has 34 heavy (non-hydrogen) atoms. The van der Waals surface area contributed by atoms with Gasteiger partial charge in [-0.1, -0.05) is 54.6 Å². The molecule has 3 heterocycles. The van der Waals surface area contributed by atoms with Crippen LogP contribution in [0.25, 0.3) is 75.2 Å². The third-order valence-electron chi connectivity index (χ3n) is 6.75. The van der Waals surface area contributed by atoms with Gasteiger partial charge in [0.05, 0.1) is 5.39 Å². The van der Waals surface area contributed by atoms with Gasteiger partial charge in [-0.05, 0) is 42.0 Å². The summed E-state index contributed by atoms with van der Waals surface area (Å²) in [5.74, 6) is 0.218. The van der Waals surface area contributed by atoms with Gasteiger partial charge in [0.1, 0.15) is 28.1 Å². The Kier molecular flexibility index (Phi) is 3.42. The number of furan rings is 2. The number of para-hydroxylation sites is 2. The van der Waals surface area contributed by atoms with E-state index >= 15 is 0 Å². The first-order valence-electron chi connectivity index (χ1n) is 11.2. The molecule has 0 aliphatic carbocycles. The Labute approximate surface area is 197 Å². The average molecular weight is 457 g/mol. The van der Waals surface area contributed by atoms with Crippen LogP contribution in [0.1, 0.15) is 0 Å². The van der Waals surface area contributed by atoms with Gasteiger partial charge in [-0.15, -0.1) is 11.3 Å². The van der Waals surface area contributed by atoms with Crippen molar-refractivity contribution in [2.45, 2.75) is 0 Å². The monoisotopic (exact) mass is 456 g/mol. The normalized spacial score (nSPS) is 12.2. The third kappa shape index (κ3) is 2.30. The quantitative estimate of drug-likeness (QED) is 0.268. The molecule has 0 aliphatic heterocycles. The van der Waals surface area contributed by atoms with Crippen LogP contribution in [0.3, 0.4) is 0 Å². The van der Waals surface area contributed by atoms with Gasteiger partial charge in [0.15, 0.2) is 0 Å². The molecule has 160 valence electrons. The molecule has 0 unspecified atom stereocenters. The number of rotatable bonds is 1. The van der Waals surface area contributed by atoms with E-state index in [1.807, 2.05) is 48.5 Å². The lowest BCUT2D eigenvalue weighted by molar-refractivity contribution is 0.482. The lowest BCUT2D eigenvalue weighted by Gasteiger charge is -2.09. The summed E-state index contributed by atoms with van der Waals surface area (Å²) in [6, 6.07) is 30.5. The average Bonchev–Trinajstić information content (AvgIpc) is 3.53. The summed E-state index contributed by atoms with van der Waals surface area (Å²) in [4.78, 5) is 0. The van der Waals surface area contributed by atoms with Crippen LogP contribution in [0.5, 0.6) is 5.75 Å². The number of hydrogen-bond acceptors (Lipinski definition) is 4. The molecular weight excluding hydrogens is 440 g/mol. The molecule has 0 atom stereocenters. The molecule has 8 rings (SSSR count). The number of aromatic hydroxyl groups is 1. The van der Waals surface area contributed by atoms with Crippen LogP contribution in [-0.4, -0.2) is 5.11 Å². The van der Waals surface area contributed by atoms with Crippen LogP contribution in [0, 0.1) is 0 Å². The molecular formula is C30H16O3S. The smallest absolute Gasteiger partial charge is 0.139 e. The maximum absolute atomic E-state index is 11.2. The number of phenolic OH excluding ortho intramolecular Hbond substituents is 1. The highest BCUT2D eigenvalue weighted by Gasteiger charge is 2.22. The van der Waals surface area contributed by atoms with Crippen molar-refractivity contribution in [3.05, 3.63) is 91.0 Å². The van der Waals surface area contributed by atoms with Gasteiger partial charge < -0.3 is 13.9 Å². The van der Waals surface area contributed by atoms with E-state index in [2.05, 4.69) is 42.5 Å². The van der Waals surface area contributed by atoms with E-state index in [0.717, 1.165) is 54.1 Å². The van der Waals surface area contributed by atoms with Crippen molar-refractivity contribution in [3.63, 3.8) is 0 Å². The van der Waals surface area contributed by atoms with Gasteiger partial charge in [-0.2, -0.15) is 0 Å². The van der Waals surface area contributed by atoms with Crippen molar-refractivity contribution < 1.29 is 13.9 Å². The molecule has 0 fully saturated rings. The van der Waals surface area contributed by atoms with Crippen LogP contribution >= 0.6 is 11.3 Å². The SMILES string of the molecule is Oc1cc(-c2c3c(cc4sc5ccccc5c24)oc2ccccc23)cc2oc3ccccc3c12. The Morgan fingerprint density at radius 1 is 0.529 bits per heavy atom. The maximum Gasteiger partial charge on any atom is 0.139 e. The number of thiophene rings is 1. The summed E-state index contributed by atoms with van der Waals surface area (Å²) >= 11 is 1.76. The number of hydrogen-bond donors (Lipinski definition) is 1. The van der Waals surface area contributed by atoms with E-state index in [1.54, 1.807) is 11.3 Å². The molecule has 0 bridgehead atoms. The molecule has 0 saturated heterocycles. The molecule has 5 aromatic carbocycles. The Hall–Kier alpha value is -4.28. The molecule has 0 aliphatic rings. The molecule has 3 nitrogen and oxygen atoms in total. The second kappa shape index (κ2) is 6.40. The van der Waals surface area contributed by atoms with Crippen LogP contribution in [-0.2, 0) is 0 Å². The van der Waals surface area contributed by atoms with Crippen LogP contribution in [0.2, 0.25) is 0 Å². The first kappa shape index (κ1) is 18.2. The van der Waals surface area contributed by atoms with Gasteiger partial charge in [-0.3, -0.25) is 0 Å². The number of benzene rings is 5. The van der Waals surface area contributed by atoms with Crippen molar-refractivity contribution in [2.75, 3.05) is 0 Å². The summed E-state index contributed by atoms with van der Waals surface area (Å²) in [7, 11) is 0. The highest BCUT2D eigenvalue weighted by molar-refractivity contribution is 7.26. The van der Waals surface area contributed by atoms with E-state index in [1.165, 1.54) is 15.5 Å². The summed E-state index contributed by atoms with van der Waals surface area (Å²) in [6.45, 7) is 0. The molecule has 0 amide bonds. The number of fused-ring (bicyclic) bond motifs is 9. The summed E-state index contributed by atoms with van der Waals surface area (Å²) in [6.07, 6.45) is 0. The highest BCUT2D eigenvalue weighted by Crippen LogP contribution is 2.49. The zero-order valence-corrected chi connectivity index (χ0v) is 18.6. The van der Waals surface area contributed by atoms with Crippen molar-refractivity contribution in [1.29, 1.82) is 0 Å². The zero-order chi connectivity index (χ0) is 22.4. The minimum Gasteiger partial charge on any atom is -0.507 e. The van der Waals surface area contributed by atoms with E-state index in [4.69, 9.17) is 8.83 Å². The predicted molar refractivity (Wildman–Crippen MR) is 141 cm³/mol. The second-order valence-corrected chi connectivity index (χ2v) is 9.74. The lowest BCUT2D eigenvalue weighted by Crippen LogP contribution is -1.83. The Morgan fingerprint density at radius 3 is 1.91 bits per heavy atom. The minimum absolute atomic E-state index is 0.218. The molecule has 1 N–H and O–H groups in total. The van der Waals surface area contributed by atoms with Crippen LogP contribution < -0.4 is 0 Å². The van der Waals surface area contributed by atoms with Crippen LogP contribution in [0.4, 0.5) is 0 Å². The fraction of sp³-hybridized carbons (Fsp3) is 0. The van der Waals surface area contributed by atoms with Crippen LogP contribution in [0.15, 0.2) is 99.8 Å². The minimum atomic E-state index is 0.218. The number of phenols is 1. The van der Waals surface area contributed by atoms with Gasteiger partial charge in [0.2, 0.25) is 0 Å². The zero-order valence-electron chi connectivity index (χ0n) is 17.8. The second-order valence-electron chi connectivity index (χ2n) is 8.66. The van der Waals surface area contributed by atoms with Crippen molar-refractivity contribution in [2.24, 2.45) is 0 Å². The standard InChI is InChI=1S/C30H16O3S/c31-20-13-16(14-23-28(20)17-7-1-4-10-21(17)32-23)27-29-18-8-2-5-11-22(18)33-24(29)15-26-30(27)19-9-3-6-12-25(19)34-26/h1-15,31H.